The summed E-state index contributed by atoms with van der Waals surface area (Å²) in [6.07, 6.45) is 0.836. The van der Waals surface area contributed by atoms with E-state index in [9.17, 15) is 16.8 Å². The summed E-state index contributed by atoms with van der Waals surface area (Å²) < 4.78 is 92.2. The Hall–Kier alpha value is -0.440. The Morgan fingerprint density at radius 1 is 1.53 bits per heavy atom. The van der Waals surface area contributed by atoms with Gasteiger partial charge in [-0.15, -0.1) is 11.3 Å². The minimum Gasteiger partial charge on any atom is -0.310 e. The van der Waals surface area contributed by atoms with Gasteiger partial charge in [-0.05, 0) is 25.0 Å². The molecule has 0 unspecified atom stereocenters. The lowest BCUT2D eigenvalue weighted by Crippen LogP contribution is -2.19. The molecule has 19 heavy (non-hydrogen) atoms. The lowest BCUT2D eigenvalue weighted by Gasteiger charge is -2.12. The Bertz CT molecular complexity index is 857. The van der Waals surface area contributed by atoms with E-state index in [2.05, 4.69) is 5.32 Å². The van der Waals surface area contributed by atoms with Crippen LogP contribution < -0.4 is 5.32 Å². The zero-order valence-corrected chi connectivity index (χ0v) is 13.1. The molecule has 0 amide bonds. The molecule has 0 fully saturated rings. The lowest BCUT2D eigenvalue weighted by molar-refractivity contribution is 0.577. The van der Waals surface area contributed by atoms with E-state index < -0.39 is 49.3 Å². The molecule has 0 aliphatic carbocycles. The van der Waals surface area contributed by atoms with Crippen LogP contribution in [0.4, 0.5) is 0 Å². The third kappa shape index (κ3) is 3.77. The summed E-state index contributed by atoms with van der Waals surface area (Å²) in [6.45, 7) is -3.27. The first-order chi connectivity index (χ1) is 11.0. The normalized spacial score (nSPS) is 20.6. The van der Waals surface area contributed by atoms with E-state index in [1.54, 1.807) is 0 Å². The maximum atomic E-state index is 12.3. The average molecular weight is 332 g/mol. The van der Waals surface area contributed by atoms with Gasteiger partial charge < -0.3 is 5.32 Å². The van der Waals surface area contributed by atoms with Gasteiger partial charge in [0.2, 0.25) is 0 Å². The number of hydrogen-bond acceptors (Lipinski definition) is 6. The van der Waals surface area contributed by atoms with Gasteiger partial charge >= 0.3 is 0 Å². The summed E-state index contributed by atoms with van der Waals surface area (Å²) in [5.41, 5.74) is -0.250. The van der Waals surface area contributed by atoms with Crippen LogP contribution in [0, 0.1) is 0 Å². The number of nitrogens with one attached hydrogen (secondary N) is 1. The molecular weight excluding hydrogens is 306 g/mol. The minimum atomic E-state index is -3.90. The van der Waals surface area contributed by atoms with Gasteiger partial charge in [0.05, 0.1) is 7.12 Å². The lowest BCUT2D eigenvalue weighted by atomic mass is 10.2. The number of hydrogen-bond donors (Lipinski definition) is 1. The molecule has 1 aromatic heterocycles. The van der Waals surface area contributed by atoms with Crippen molar-refractivity contribution in [2.75, 3.05) is 18.5 Å². The predicted molar refractivity (Wildman–Crippen MR) is 77.2 cm³/mol. The van der Waals surface area contributed by atoms with Crippen LogP contribution in [0.1, 0.15) is 40.5 Å². The molecule has 1 aromatic rings. The van der Waals surface area contributed by atoms with Crippen LogP contribution in [0.25, 0.3) is 0 Å². The van der Waals surface area contributed by atoms with Crippen LogP contribution in [-0.4, -0.2) is 35.3 Å². The van der Waals surface area contributed by atoms with Gasteiger partial charge in [-0.2, -0.15) is 0 Å². The van der Waals surface area contributed by atoms with Gasteiger partial charge in [0.15, 0.2) is 19.7 Å². The third-order valence-electron chi connectivity index (χ3n) is 2.36. The molecule has 1 rings (SSSR count). The molecule has 8 heteroatoms. The molecular formula is C11H19NO4S3. The molecule has 0 aromatic carbocycles. The van der Waals surface area contributed by atoms with E-state index in [0.29, 0.717) is 11.3 Å². The Morgan fingerprint density at radius 2 is 2.16 bits per heavy atom. The molecule has 0 spiro atoms. The Balaban J connectivity index is 3.61. The van der Waals surface area contributed by atoms with Gasteiger partial charge in [-0.3, -0.25) is 0 Å². The van der Waals surface area contributed by atoms with E-state index in [0.717, 1.165) is 6.26 Å². The van der Waals surface area contributed by atoms with Crippen molar-refractivity contribution in [3.05, 3.63) is 11.6 Å². The van der Waals surface area contributed by atoms with Crippen molar-refractivity contribution in [3.63, 3.8) is 0 Å². The van der Waals surface area contributed by atoms with E-state index in [1.807, 2.05) is 0 Å². The van der Waals surface area contributed by atoms with E-state index in [-0.39, 0.29) is 15.5 Å². The summed E-state index contributed by atoms with van der Waals surface area (Å²) in [4.78, 5) is 0. The first kappa shape index (κ1) is 9.49. The second-order valence-corrected chi connectivity index (χ2v) is 9.59. The minimum absolute atomic E-state index is 0.250. The number of sulfone groups is 2. The van der Waals surface area contributed by atoms with Crippen LogP contribution in [-0.2, 0) is 19.7 Å². The maximum Gasteiger partial charge on any atom is 0.187 e. The van der Waals surface area contributed by atoms with Gasteiger partial charge in [0.25, 0.3) is 0 Å². The fraction of sp³-hybridized carbons (Fsp3) is 0.636. The Labute approximate surface area is 127 Å². The summed E-state index contributed by atoms with van der Waals surface area (Å²) in [6, 6.07) is -1.79. The molecule has 110 valence electrons. The van der Waals surface area contributed by atoms with Crippen molar-refractivity contribution in [1.82, 2.24) is 5.32 Å². The fourth-order valence-electron chi connectivity index (χ4n) is 1.32. The van der Waals surface area contributed by atoms with Crippen LogP contribution >= 0.6 is 11.3 Å². The fourth-order valence-corrected chi connectivity index (χ4v) is 5.23. The highest BCUT2D eigenvalue weighted by Crippen LogP contribution is 2.34. The summed E-state index contributed by atoms with van der Waals surface area (Å²) in [5.74, 6) is -0.345. The molecule has 0 radical (unpaired) electrons. The van der Waals surface area contributed by atoms with Crippen molar-refractivity contribution in [2.45, 2.75) is 35.2 Å². The first-order valence-electron chi connectivity index (χ1n) is 8.29. The van der Waals surface area contributed by atoms with Crippen LogP contribution in [0.5, 0.6) is 0 Å². The highest BCUT2D eigenvalue weighted by Gasteiger charge is 2.26. The van der Waals surface area contributed by atoms with Crippen LogP contribution in [0.2, 0.25) is 0 Å². The second-order valence-electron chi connectivity index (χ2n) is 3.88. The second kappa shape index (κ2) is 5.90. The largest absolute Gasteiger partial charge is 0.310 e. The topological polar surface area (TPSA) is 80.3 Å². The molecule has 1 N–H and O–H groups in total. The zero-order valence-electron chi connectivity index (χ0n) is 16.6. The predicted octanol–water partition coefficient (Wildman–Crippen LogP) is 1.62. The summed E-state index contributed by atoms with van der Waals surface area (Å²) in [5, 5.41) is 2.15. The van der Waals surface area contributed by atoms with Crippen molar-refractivity contribution in [1.29, 1.82) is 0 Å². The zero-order chi connectivity index (χ0) is 20.0. The molecule has 1 atom stereocenters. The van der Waals surface area contributed by atoms with Crippen molar-refractivity contribution >= 4 is 31.0 Å². The monoisotopic (exact) mass is 331 g/mol. The van der Waals surface area contributed by atoms with Crippen LogP contribution in [0.3, 0.4) is 0 Å². The van der Waals surface area contributed by atoms with Crippen molar-refractivity contribution < 1.29 is 25.1 Å². The van der Waals surface area contributed by atoms with Crippen LogP contribution in [0.15, 0.2) is 14.5 Å². The molecule has 1 heterocycles. The number of thiophene rings is 1. The van der Waals surface area contributed by atoms with E-state index in [4.69, 9.17) is 8.22 Å². The molecule has 5 nitrogen and oxygen atoms in total. The van der Waals surface area contributed by atoms with Crippen molar-refractivity contribution in [2.24, 2.45) is 0 Å². The molecule has 0 bridgehead atoms. The first-order valence-corrected chi connectivity index (χ1v) is 9.65. The van der Waals surface area contributed by atoms with Gasteiger partial charge in [-0.25, -0.2) is 16.8 Å². The molecule has 0 saturated carbocycles. The van der Waals surface area contributed by atoms with E-state index >= 15 is 0 Å². The highest BCUT2D eigenvalue weighted by atomic mass is 32.3. The summed E-state index contributed by atoms with van der Waals surface area (Å²) >= 11 is 0.420. The van der Waals surface area contributed by atoms with Gasteiger partial charge in [-0.1, -0.05) is 13.8 Å². The highest BCUT2D eigenvalue weighted by molar-refractivity contribution is 7.95. The molecule has 0 aliphatic heterocycles. The summed E-state index contributed by atoms with van der Waals surface area (Å²) in [7, 11) is -7.77. The Morgan fingerprint density at radius 3 is 2.63 bits per heavy atom. The standard InChI is InChI=1S/C11H19NO4S3/c1-5-12-8(3)9-7-10(18(4,13)14)17-11(9)19(15,16)6-2/h7-8,12H,5-6H2,1-4H3/t8-/m0/s1/i1D3,5D2,7D. The maximum absolute atomic E-state index is 12.3. The number of rotatable bonds is 6. The third-order valence-corrected chi connectivity index (χ3v) is 7.55. The van der Waals surface area contributed by atoms with E-state index in [1.165, 1.54) is 13.8 Å². The van der Waals surface area contributed by atoms with Crippen molar-refractivity contribution in [3.8, 4) is 0 Å². The Kier molecular flexibility index (Phi) is 2.95. The average Bonchev–Trinajstić information content (AvgIpc) is 2.75. The molecule has 0 saturated heterocycles. The van der Waals surface area contributed by atoms with Gasteiger partial charge in [0, 0.05) is 19.2 Å². The SMILES string of the molecule is [2H]c1c(S(C)(=O)=O)sc(S(=O)(=O)CC)c1[C@H](C)NC([2H])([2H])C([2H])([2H])[2H]. The quantitative estimate of drug-likeness (QED) is 0.856. The van der Waals surface area contributed by atoms with Gasteiger partial charge in [0.1, 0.15) is 8.42 Å². The molecule has 0 aliphatic rings. The smallest absolute Gasteiger partial charge is 0.187 e.